The fourth-order valence-electron chi connectivity index (χ4n) is 1.48. The van der Waals surface area contributed by atoms with Crippen LogP contribution in [-0.2, 0) is 14.4 Å². The lowest BCUT2D eigenvalue weighted by Crippen LogP contribution is -2.48. The van der Waals surface area contributed by atoms with Crippen molar-refractivity contribution < 1.29 is 19.2 Å². The first-order valence-electron chi connectivity index (χ1n) is 6.71. The van der Waals surface area contributed by atoms with Gasteiger partial charge in [-0.1, -0.05) is 8.93 Å². The summed E-state index contributed by atoms with van der Waals surface area (Å²) < 4.78 is 5.18. The number of nitrogens with zero attached hydrogens (tertiary/aromatic N) is 1. The molecule has 0 aliphatic rings. The van der Waals surface area contributed by atoms with E-state index in [0.717, 1.165) is 18.0 Å². The fourth-order valence-corrected chi connectivity index (χ4v) is 2.24. The predicted octanol–water partition coefficient (Wildman–Crippen LogP) is 1.65. The number of rotatable bonds is 8. The van der Waals surface area contributed by atoms with Gasteiger partial charge in [-0.2, -0.15) is 0 Å². The molecule has 3 unspecified atom stereocenters. The standard InChI is InChI=1S/C12H27N3O4P2/c1-12(2,3)19-11(17)14-9(7-6-8-13-21-20)10(16)15(4)18-5/h9,13,21H,6-8,20H2,1-5H3,(H,14,17). The van der Waals surface area contributed by atoms with E-state index in [-0.39, 0.29) is 5.91 Å². The highest BCUT2D eigenvalue weighted by Gasteiger charge is 2.26. The molecule has 9 heteroatoms. The minimum absolute atomic E-state index is 0.309. The molecule has 2 amide bonds. The zero-order chi connectivity index (χ0) is 16.5. The van der Waals surface area contributed by atoms with Crippen LogP contribution in [0.25, 0.3) is 0 Å². The molecule has 21 heavy (non-hydrogen) atoms. The number of carbonyl (C=O) groups excluding carboxylic acids is 2. The summed E-state index contributed by atoms with van der Waals surface area (Å²) >= 11 is 0. The van der Waals surface area contributed by atoms with Crippen molar-refractivity contribution >= 4 is 29.3 Å². The van der Waals surface area contributed by atoms with Crippen molar-refractivity contribution in [3.8, 4) is 0 Å². The van der Waals surface area contributed by atoms with Crippen LogP contribution in [0.1, 0.15) is 33.6 Å². The topological polar surface area (TPSA) is 79.9 Å². The Morgan fingerprint density at radius 3 is 2.48 bits per heavy atom. The van der Waals surface area contributed by atoms with E-state index in [1.807, 2.05) is 0 Å². The highest BCUT2D eigenvalue weighted by atomic mass is 32.0. The molecule has 2 N–H and O–H groups in total. The van der Waals surface area contributed by atoms with Crippen molar-refractivity contribution in [2.24, 2.45) is 0 Å². The Bertz CT molecular complexity index is 337. The Morgan fingerprint density at radius 2 is 2.00 bits per heavy atom. The van der Waals surface area contributed by atoms with Gasteiger partial charge in [-0.3, -0.25) is 14.7 Å². The van der Waals surface area contributed by atoms with E-state index in [1.165, 1.54) is 14.2 Å². The quantitative estimate of drug-likeness (QED) is 0.399. The van der Waals surface area contributed by atoms with Crippen LogP contribution in [0.15, 0.2) is 0 Å². The number of hydroxylamine groups is 2. The maximum absolute atomic E-state index is 12.1. The second-order valence-electron chi connectivity index (χ2n) is 5.43. The largest absolute Gasteiger partial charge is 0.444 e. The van der Waals surface area contributed by atoms with Crippen LogP contribution in [-0.4, -0.2) is 49.4 Å². The second-order valence-corrected chi connectivity index (χ2v) is 6.94. The molecule has 0 aromatic carbocycles. The summed E-state index contributed by atoms with van der Waals surface area (Å²) in [6, 6.07) is -0.667. The first kappa shape index (κ1) is 20.5. The molecule has 0 bridgehead atoms. The van der Waals surface area contributed by atoms with Gasteiger partial charge >= 0.3 is 6.09 Å². The number of hydrogen-bond donors (Lipinski definition) is 2. The van der Waals surface area contributed by atoms with Crippen molar-refractivity contribution in [3.05, 3.63) is 0 Å². The molecule has 0 heterocycles. The third-order valence-electron chi connectivity index (χ3n) is 2.47. The third-order valence-corrected chi connectivity index (χ3v) is 3.54. The number of amides is 2. The summed E-state index contributed by atoms with van der Waals surface area (Å²) in [6.07, 6.45) is 0.658. The Balaban J connectivity index is 4.57. The number of ether oxygens (including phenoxy) is 1. The van der Waals surface area contributed by atoms with Crippen molar-refractivity contribution in [2.75, 3.05) is 20.7 Å². The van der Waals surface area contributed by atoms with E-state index >= 15 is 0 Å². The highest BCUT2D eigenvalue weighted by Crippen LogP contribution is 2.13. The molecule has 0 saturated carbocycles. The van der Waals surface area contributed by atoms with Crippen LogP contribution in [0.2, 0.25) is 0 Å². The Morgan fingerprint density at radius 1 is 1.38 bits per heavy atom. The van der Waals surface area contributed by atoms with Crippen molar-refractivity contribution in [3.63, 3.8) is 0 Å². The van der Waals surface area contributed by atoms with Gasteiger partial charge in [-0.05, 0) is 48.6 Å². The molecule has 0 spiro atoms. The van der Waals surface area contributed by atoms with Gasteiger partial charge in [0.05, 0.1) is 7.11 Å². The number of hydrogen-bond acceptors (Lipinski definition) is 5. The molecule has 0 aliphatic carbocycles. The lowest BCUT2D eigenvalue weighted by atomic mass is 10.1. The third kappa shape index (κ3) is 9.97. The summed E-state index contributed by atoms with van der Waals surface area (Å²) in [5.41, 5.74) is -0.604. The van der Waals surface area contributed by atoms with E-state index in [9.17, 15) is 9.59 Å². The second kappa shape index (κ2) is 10.3. The smallest absolute Gasteiger partial charge is 0.408 e. The van der Waals surface area contributed by atoms with Crippen LogP contribution >= 0.6 is 17.3 Å². The molecule has 0 aromatic heterocycles. The first-order valence-corrected chi connectivity index (χ1v) is 9.52. The van der Waals surface area contributed by atoms with Crippen LogP contribution in [0.4, 0.5) is 4.79 Å². The van der Waals surface area contributed by atoms with Gasteiger partial charge in [0.2, 0.25) is 0 Å². The molecule has 0 aliphatic heterocycles. The molecular formula is C12H27N3O4P2. The van der Waals surface area contributed by atoms with Crippen LogP contribution in [0.3, 0.4) is 0 Å². The molecule has 7 nitrogen and oxygen atoms in total. The van der Waals surface area contributed by atoms with Crippen molar-refractivity contribution in [1.29, 1.82) is 0 Å². The van der Waals surface area contributed by atoms with Gasteiger partial charge in [0, 0.05) is 7.05 Å². The molecule has 124 valence electrons. The van der Waals surface area contributed by atoms with E-state index < -0.39 is 17.7 Å². The van der Waals surface area contributed by atoms with Gasteiger partial charge in [-0.15, -0.1) is 0 Å². The van der Waals surface area contributed by atoms with E-state index in [2.05, 4.69) is 19.3 Å². The Labute approximate surface area is 130 Å². The molecule has 0 fully saturated rings. The number of likely N-dealkylation sites (N-methyl/N-ethyl adjacent to an activating group) is 1. The highest BCUT2D eigenvalue weighted by molar-refractivity contribution is 8.01. The average Bonchev–Trinajstić information content (AvgIpc) is 2.38. The lowest BCUT2D eigenvalue weighted by Gasteiger charge is -2.25. The normalized spacial score (nSPS) is 13.2. The maximum Gasteiger partial charge on any atom is 0.408 e. The summed E-state index contributed by atoms with van der Waals surface area (Å²) in [5, 5.41) is 6.87. The maximum atomic E-state index is 12.1. The monoisotopic (exact) mass is 339 g/mol. The minimum atomic E-state index is -0.667. The molecule has 3 atom stereocenters. The van der Waals surface area contributed by atoms with Gasteiger partial charge < -0.3 is 10.1 Å². The van der Waals surface area contributed by atoms with E-state index in [0.29, 0.717) is 14.8 Å². The van der Waals surface area contributed by atoms with Crippen LogP contribution < -0.4 is 10.4 Å². The molecular weight excluding hydrogens is 312 g/mol. The summed E-state index contributed by atoms with van der Waals surface area (Å²) in [6.45, 7) is 6.09. The van der Waals surface area contributed by atoms with Crippen molar-refractivity contribution in [2.45, 2.75) is 45.3 Å². The van der Waals surface area contributed by atoms with Gasteiger partial charge in [0.15, 0.2) is 0 Å². The Kier molecular flexibility index (Phi) is 10.0. The lowest BCUT2D eigenvalue weighted by molar-refractivity contribution is -0.171. The fraction of sp³-hybridized carbons (Fsp3) is 0.833. The van der Waals surface area contributed by atoms with E-state index in [4.69, 9.17) is 9.57 Å². The summed E-state index contributed by atoms with van der Waals surface area (Å²) in [7, 11) is 6.08. The predicted molar refractivity (Wildman–Crippen MR) is 88.2 cm³/mol. The van der Waals surface area contributed by atoms with Gasteiger partial charge in [0.25, 0.3) is 5.91 Å². The average molecular weight is 339 g/mol. The Hall–Kier alpha value is -0.480. The molecule has 0 aromatic rings. The molecule has 0 radical (unpaired) electrons. The summed E-state index contributed by atoms with van der Waals surface area (Å²) in [5.74, 6) is -0.309. The van der Waals surface area contributed by atoms with Gasteiger partial charge in [-0.25, -0.2) is 9.86 Å². The van der Waals surface area contributed by atoms with E-state index in [1.54, 1.807) is 20.8 Å². The zero-order valence-electron chi connectivity index (χ0n) is 13.4. The van der Waals surface area contributed by atoms with Crippen molar-refractivity contribution in [1.82, 2.24) is 15.5 Å². The summed E-state index contributed by atoms with van der Waals surface area (Å²) in [4.78, 5) is 28.8. The van der Waals surface area contributed by atoms with Crippen LogP contribution in [0, 0.1) is 0 Å². The minimum Gasteiger partial charge on any atom is -0.444 e. The van der Waals surface area contributed by atoms with Gasteiger partial charge in [0.1, 0.15) is 11.6 Å². The zero-order valence-corrected chi connectivity index (χ0v) is 15.5. The SMILES string of the molecule is CON(C)C(=O)C(CCCNPP)NC(=O)OC(C)(C)C. The number of alkyl carbamates (subject to hydrolysis) is 1. The first-order chi connectivity index (χ1) is 9.71. The molecule has 0 saturated heterocycles. The van der Waals surface area contributed by atoms with Crippen LogP contribution in [0.5, 0.6) is 0 Å². The number of carbonyl (C=O) groups is 2. The molecule has 0 rings (SSSR count). The number of nitrogens with one attached hydrogen (secondary N) is 2.